The van der Waals surface area contributed by atoms with E-state index in [4.69, 9.17) is 0 Å². The van der Waals surface area contributed by atoms with Gasteiger partial charge in [-0.2, -0.15) is 5.10 Å². The minimum Gasteiger partial charge on any atom is -0.282 e. The van der Waals surface area contributed by atoms with Gasteiger partial charge < -0.3 is 0 Å². The highest BCUT2D eigenvalue weighted by Crippen LogP contribution is 2.29. The molecule has 1 amide bonds. The predicted octanol–water partition coefficient (Wildman–Crippen LogP) is 4.60. The van der Waals surface area contributed by atoms with Gasteiger partial charge in [0, 0.05) is 29.0 Å². The van der Waals surface area contributed by atoms with Crippen LogP contribution in [0.3, 0.4) is 0 Å². The second kappa shape index (κ2) is 7.39. The molecule has 0 radical (unpaired) electrons. The Kier molecular flexibility index (Phi) is 4.81. The van der Waals surface area contributed by atoms with E-state index >= 15 is 0 Å². The molecule has 0 atom stereocenters. The quantitative estimate of drug-likeness (QED) is 0.468. The lowest BCUT2D eigenvalue weighted by Gasteiger charge is -2.20. The topological polar surface area (TPSA) is 51.0 Å². The van der Waals surface area contributed by atoms with E-state index in [1.165, 1.54) is 11.3 Å². The fourth-order valence-electron chi connectivity index (χ4n) is 2.67. The van der Waals surface area contributed by atoms with Gasteiger partial charge in [0.25, 0.3) is 5.91 Å². The van der Waals surface area contributed by atoms with E-state index in [2.05, 4.69) is 26.0 Å². The first-order chi connectivity index (χ1) is 12.7. The molecule has 0 saturated heterocycles. The van der Waals surface area contributed by atoms with Crippen molar-refractivity contribution in [2.24, 2.45) is 0 Å². The summed E-state index contributed by atoms with van der Waals surface area (Å²) in [6, 6.07) is 17.2. The van der Waals surface area contributed by atoms with Crippen molar-refractivity contribution in [2.45, 2.75) is 6.54 Å². The van der Waals surface area contributed by atoms with Gasteiger partial charge in [-0.3, -0.25) is 14.4 Å². The van der Waals surface area contributed by atoms with Crippen LogP contribution in [0, 0.1) is 0 Å². The standard InChI is InChI=1S/C19H15BrN4OS/c20-15-6-3-5-14(13-15)18(25)24(12-11-23-10-4-9-21-23)19-22-16-7-1-2-8-17(16)26-19/h1-10,13H,11-12H2. The highest BCUT2D eigenvalue weighted by atomic mass is 79.9. The summed E-state index contributed by atoms with van der Waals surface area (Å²) in [4.78, 5) is 19.6. The summed E-state index contributed by atoms with van der Waals surface area (Å²) in [5, 5.41) is 4.92. The average Bonchev–Trinajstić information content (AvgIpc) is 3.31. The molecule has 0 aliphatic heterocycles. The second-order valence-electron chi connectivity index (χ2n) is 5.70. The fourth-order valence-corrected chi connectivity index (χ4v) is 4.06. The van der Waals surface area contributed by atoms with Crippen molar-refractivity contribution < 1.29 is 4.79 Å². The number of rotatable bonds is 5. The van der Waals surface area contributed by atoms with Crippen molar-refractivity contribution in [1.82, 2.24) is 14.8 Å². The van der Waals surface area contributed by atoms with Gasteiger partial charge >= 0.3 is 0 Å². The van der Waals surface area contributed by atoms with Crippen molar-refractivity contribution in [3.8, 4) is 0 Å². The van der Waals surface area contributed by atoms with Crippen molar-refractivity contribution >= 4 is 48.5 Å². The number of carbonyl (C=O) groups excluding carboxylic acids is 1. The van der Waals surface area contributed by atoms with E-state index in [9.17, 15) is 4.79 Å². The molecule has 2 heterocycles. The Labute approximate surface area is 163 Å². The smallest absolute Gasteiger partial charge is 0.260 e. The van der Waals surface area contributed by atoms with Crippen LogP contribution in [-0.4, -0.2) is 27.2 Å². The van der Waals surface area contributed by atoms with Crippen LogP contribution in [-0.2, 0) is 6.54 Å². The maximum atomic E-state index is 13.2. The van der Waals surface area contributed by atoms with Gasteiger partial charge in [0.05, 0.1) is 16.8 Å². The van der Waals surface area contributed by atoms with Gasteiger partial charge in [-0.1, -0.05) is 45.5 Å². The first kappa shape index (κ1) is 16.9. The lowest BCUT2D eigenvalue weighted by atomic mass is 10.2. The number of anilines is 1. The Morgan fingerprint density at radius 1 is 1.15 bits per heavy atom. The van der Waals surface area contributed by atoms with Gasteiger partial charge in [-0.15, -0.1) is 0 Å². The Bertz CT molecular complexity index is 1010. The van der Waals surface area contributed by atoms with Gasteiger partial charge in [0.2, 0.25) is 0 Å². The summed E-state index contributed by atoms with van der Waals surface area (Å²) in [7, 11) is 0. The number of benzene rings is 2. The van der Waals surface area contributed by atoms with E-state index < -0.39 is 0 Å². The Morgan fingerprint density at radius 3 is 2.81 bits per heavy atom. The third-order valence-corrected chi connectivity index (χ3v) is 5.49. The largest absolute Gasteiger partial charge is 0.282 e. The van der Waals surface area contributed by atoms with E-state index in [0.29, 0.717) is 23.8 Å². The monoisotopic (exact) mass is 426 g/mol. The van der Waals surface area contributed by atoms with Crippen molar-refractivity contribution in [3.05, 3.63) is 77.0 Å². The molecule has 0 N–H and O–H groups in total. The average molecular weight is 427 g/mol. The molecule has 0 aliphatic rings. The van der Waals surface area contributed by atoms with Gasteiger partial charge in [0.1, 0.15) is 0 Å². The molecule has 26 heavy (non-hydrogen) atoms. The third-order valence-electron chi connectivity index (χ3n) is 3.94. The lowest BCUT2D eigenvalue weighted by Crippen LogP contribution is -2.34. The zero-order chi connectivity index (χ0) is 17.9. The van der Waals surface area contributed by atoms with E-state index in [1.807, 2.05) is 65.5 Å². The SMILES string of the molecule is O=C(c1cccc(Br)c1)N(CCn1cccn1)c1nc2ccccc2s1. The van der Waals surface area contributed by atoms with Crippen molar-refractivity contribution in [1.29, 1.82) is 0 Å². The molecule has 7 heteroatoms. The van der Waals surface area contributed by atoms with E-state index in [1.54, 1.807) is 11.1 Å². The van der Waals surface area contributed by atoms with E-state index in [-0.39, 0.29) is 5.91 Å². The van der Waals surface area contributed by atoms with Crippen LogP contribution < -0.4 is 4.90 Å². The van der Waals surface area contributed by atoms with Crippen LogP contribution in [0.25, 0.3) is 10.2 Å². The zero-order valence-electron chi connectivity index (χ0n) is 13.7. The first-order valence-electron chi connectivity index (χ1n) is 8.11. The van der Waals surface area contributed by atoms with Crippen LogP contribution in [0.4, 0.5) is 5.13 Å². The molecule has 0 spiro atoms. The first-order valence-corrected chi connectivity index (χ1v) is 9.72. The number of hydrogen-bond donors (Lipinski definition) is 0. The number of nitrogens with zero attached hydrogens (tertiary/aromatic N) is 4. The zero-order valence-corrected chi connectivity index (χ0v) is 16.2. The molecular weight excluding hydrogens is 412 g/mol. The molecule has 0 bridgehead atoms. The van der Waals surface area contributed by atoms with Crippen LogP contribution in [0.1, 0.15) is 10.4 Å². The maximum Gasteiger partial charge on any atom is 0.260 e. The molecule has 5 nitrogen and oxygen atoms in total. The van der Waals surface area contributed by atoms with Gasteiger partial charge in [0.15, 0.2) is 5.13 Å². The van der Waals surface area contributed by atoms with Gasteiger partial charge in [-0.25, -0.2) is 4.98 Å². The highest BCUT2D eigenvalue weighted by Gasteiger charge is 2.21. The number of aromatic nitrogens is 3. The normalized spacial score (nSPS) is 11.0. The Hall–Kier alpha value is -2.51. The minimum atomic E-state index is -0.0717. The Morgan fingerprint density at radius 2 is 2.04 bits per heavy atom. The summed E-state index contributed by atoms with van der Waals surface area (Å²) >= 11 is 4.96. The van der Waals surface area contributed by atoms with E-state index in [0.717, 1.165) is 14.7 Å². The number of amides is 1. The van der Waals surface area contributed by atoms with Crippen LogP contribution in [0.2, 0.25) is 0 Å². The van der Waals surface area contributed by atoms with Gasteiger partial charge in [-0.05, 0) is 36.4 Å². The molecule has 2 aromatic heterocycles. The number of carbonyl (C=O) groups is 1. The molecule has 4 aromatic rings. The van der Waals surface area contributed by atoms with Crippen LogP contribution >= 0.6 is 27.3 Å². The highest BCUT2D eigenvalue weighted by molar-refractivity contribution is 9.10. The maximum absolute atomic E-state index is 13.2. The number of para-hydroxylation sites is 1. The summed E-state index contributed by atoms with van der Waals surface area (Å²) in [6.45, 7) is 1.09. The number of halogens is 1. The molecule has 0 saturated carbocycles. The fraction of sp³-hybridized carbons (Fsp3) is 0.105. The summed E-state index contributed by atoms with van der Waals surface area (Å²) in [5.74, 6) is -0.0717. The number of hydrogen-bond acceptors (Lipinski definition) is 4. The van der Waals surface area contributed by atoms with Crippen molar-refractivity contribution in [3.63, 3.8) is 0 Å². The Balaban J connectivity index is 1.69. The molecule has 130 valence electrons. The third kappa shape index (κ3) is 3.54. The predicted molar refractivity (Wildman–Crippen MR) is 108 cm³/mol. The van der Waals surface area contributed by atoms with Crippen LogP contribution in [0.15, 0.2) is 71.5 Å². The minimum absolute atomic E-state index is 0.0717. The van der Waals surface area contributed by atoms with Crippen LogP contribution in [0.5, 0.6) is 0 Å². The summed E-state index contributed by atoms with van der Waals surface area (Å²) < 4.78 is 3.75. The molecule has 0 unspecified atom stereocenters. The molecular formula is C19H15BrN4OS. The molecule has 0 fully saturated rings. The summed E-state index contributed by atoms with van der Waals surface area (Å²) in [5.41, 5.74) is 1.53. The molecule has 4 rings (SSSR count). The summed E-state index contributed by atoms with van der Waals surface area (Å²) in [6.07, 6.45) is 3.62. The van der Waals surface area contributed by atoms with Crippen molar-refractivity contribution in [2.75, 3.05) is 11.4 Å². The number of thiazole rings is 1. The second-order valence-corrected chi connectivity index (χ2v) is 7.63. The lowest BCUT2D eigenvalue weighted by molar-refractivity contribution is 0.0985. The molecule has 2 aromatic carbocycles. The molecule has 0 aliphatic carbocycles. The number of fused-ring (bicyclic) bond motifs is 1.